The van der Waals surface area contributed by atoms with E-state index in [2.05, 4.69) is 10.3 Å². The molecule has 2 heterocycles. The number of nitrogens with zero attached hydrogens (tertiary/aromatic N) is 2. The molecule has 3 aromatic rings. The minimum atomic E-state index is -0.240. The van der Waals surface area contributed by atoms with Crippen LogP contribution in [0.1, 0.15) is 35.1 Å². The summed E-state index contributed by atoms with van der Waals surface area (Å²) in [7, 11) is 0. The van der Waals surface area contributed by atoms with Gasteiger partial charge in [0.05, 0.1) is 12.2 Å². The summed E-state index contributed by atoms with van der Waals surface area (Å²) in [6, 6.07) is 14.9. The summed E-state index contributed by atoms with van der Waals surface area (Å²) in [6.45, 7) is 0.339. The Morgan fingerprint density at radius 1 is 1.17 bits per heavy atom. The van der Waals surface area contributed by atoms with E-state index in [0.29, 0.717) is 17.6 Å². The first kappa shape index (κ1) is 14.6. The smallest absolute Gasteiger partial charge is 0.268 e. The van der Waals surface area contributed by atoms with Gasteiger partial charge in [-0.15, -0.1) is 0 Å². The second-order valence-corrected chi connectivity index (χ2v) is 6.03. The predicted octanol–water partition coefficient (Wildman–Crippen LogP) is 2.66. The fourth-order valence-electron chi connectivity index (χ4n) is 2.91. The molecular weight excluding hydrogens is 302 g/mol. The summed E-state index contributed by atoms with van der Waals surface area (Å²) in [5.74, 6) is -0.240. The number of aromatic nitrogens is 2. The maximum Gasteiger partial charge on any atom is 0.268 e. The number of rotatable bonds is 4. The van der Waals surface area contributed by atoms with Crippen molar-refractivity contribution >= 4 is 16.7 Å². The molecule has 5 nitrogen and oxygen atoms in total. The zero-order chi connectivity index (χ0) is 16.5. The molecule has 1 N–H and O–H groups in total. The Morgan fingerprint density at radius 3 is 2.71 bits per heavy atom. The van der Waals surface area contributed by atoms with E-state index >= 15 is 0 Å². The summed E-state index contributed by atoms with van der Waals surface area (Å²) < 4.78 is 1.65. The van der Waals surface area contributed by atoms with Crippen LogP contribution in [0.15, 0.2) is 59.5 Å². The van der Waals surface area contributed by atoms with Crippen LogP contribution in [0.3, 0.4) is 0 Å². The molecule has 1 aliphatic carbocycles. The van der Waals surface area contributed by atoms with Crippen molar-refractivity contribution in [1.82, 2.24) is 14.9 Å². The highest BCUT2D eigenvalue weighted by molar-refractivity contribution is 5.96. The molecule has 1 fully saturated rings. The van der Waals surface area contributed by atoms with Crippen LogP contribution in [0, 0.1) is 0 Å². The first-order valence-electron chi connectivity index (χ1n) is 8.06. The minimum Gasteiger partial charge on any atom is -0.345 e. The number of hydrogen-bond acceptors (Lipinski definition) is 3. The molecule has 0 unspecified atom stereocenters. The quantitative estimate of drug-likeness (QED) is 0.804. The van der Waals surface area contributed by atoms with Crippen LogP contribution in [0.2, 0.25) is 0 Å². The van der Waals surface area contributed by atoms with Gasteiger partial charge in [-0.25, -0.2) is 0 Å². The lowest BCUT2D eigenvalue weighted by molar-refractivity contribution is 0.0939. The van der Waals surface area contributed by atoms with Crippen molar-refractivity contribution in [3.63, 3.8) is 0 Å². The first-order valence-corrected chi connectivity index (χ1v) is 8.06. The Kier molecular flexibility index (Phi) is 3.61. The molecular formula is C19H17N3O2. The number of pyridine rings is 2. The lowest BCUT2D eigenvalue weighted by atomic mass is 10.1. The lowest BCUT2D eigenvalue weighted by Gasteiger charge is -2.13. The highest BCUT2D eigenvalue weighted by Gasteiger charge is 2.29. The van der Waals surface area contributed by atoms with Gasteiger partial charge in [0.2, 0.25) is 0 Å². The third-order valence-corrected chi connectivity index (χ3v) is 4.26. The topological polar surface area (TPSA) is 64.0 Å². The Bertz CT molecular complexity index is 959. The molecule has 0 radical (unpaired) electrons. The summed E-state index contributed by atoms with van der Waals surface area (Å²) in [4.78, 5) is 29.6. The molecule has 0 atom stereocenters. The van der Waals surface area contributed by atoms with E-state index < -0.39 is 0 Å². The van der Waals surface area contributed by atoms with Crippen molar-refractivity contribution in [1.29, 1.82) is 0 Å². The maximum atomic E-state index is 12.8. The molecule has 1 aliphatic rings. The molecule has 2 aromatic heterocycles. The van der Waals surface area contributed by atoms with Crippen molar-refractivity contribution in [3.8, 4) is 0 Å². The number of amides is 1. The van der Waals surface area contributed by atoms with Crippen LogP contribution in [-0.2, 0) is 6.54 Å². The molecule has 1 amide bonds. The minimum absolute atomic E-state index is 0.0846. The van der Waals surface area contributed by atoms with Gasteiger partial charge < -0.3 is 9.88 Å². The van der Waals surface area contributed by atoms with Gasteiger partial charge in [0, 0.05) is 17.6 Å². The van der Waals surface area contributed by atoms with E-state index in [9.17, 15) is 9.59 Å². The third kappa shape index (κ3) is 2.69. The van der Waals surface area contributed by atoms with Gasteiger partial charge in [0.25, 0.3) is 11.5 Å². The van der Waals surface area contributed by atoms with E-state index in [1.807, 2.05) is 48.5 Å². The van der Waals surface area contributed by atoms with Crippen LogP contribution in [0.25, 0.3) is 10.8 Å². The Hall–Kier alpha value is -2.95. The highest BCUT2D eigenvalue weighted by Crippen LogP contribution is 2.35. The number of benzene rings is 1. The van der Waals surface area contributed by atoms with Crippen molar-refractivity contribution < 1.29 is 4.79 Å². The Labute approximate surface area is 139 Å². The summed E-state index contributed by atoms with van der Waals surface area (Å²) in [5, 5.41) is 4.32. The fraction of sp³-hybridized carbons (Fsp3) is 0.211. The average Bonchev–Trinajstić information content (AvgIpc) is 3.45. The van der Waals surface area contributed by atoms with Crippen LogP contribution < -0.4 is 10.9 Å². The van der Waals surface area contributed by atoms with E-state index in [4.69, 9.17) is 0 Å². The maximum absolute atomic E-state index is 12.8. The number of nitrogens with one attached hydrogen (secondary N) is 1. The number of carbonyl (C=O) groups is 1. The first-order chi connectivity index (χ1) is 11.7. The molecule has 1 saturated carbocycles. The normalized spacial score (nSPS) is 13.8. The largest absolute Gasteiger partial charge is 0.345 e. The number of fused-ring (bicyclic) bond motifs is 1. The molecule has 0 bridgehead atoms. The average molecular weight is 319 g/mol. The van der Waals surface area contributed by atoms with E-state index in [-0.39, 0.29) is 17.5 Å². The van der Waals surface area contributed by atoms with Crippen molar-refractivity contribution in [3.05, 3.63) is 76.5 Å². The third-order valence-electron chi connectivity index (χ3n) is 4.26. The number of hydrogen-bond donors (Lipinski definition) is 1. The molecule has 0 aliphatic heterocycles. The van der Waals surface area contributed by atoms with Gasteiger partial charge in [-0.05, 0) is 42.5 Å². The Balaban J connectivity index is 1.71. The molecule has 5 heteroatoms. The zero-order valence-electron chi connectivity index (χ0n) is 13.1. The second-order valence-electron chi connectivity index (χ2n) is 6.03. The monoisotopic (exact) mass is 319 g/mol. The van der Waals surface area contributed by atoms with Gasteiger partial charge in [0.1, 0.15) is 5.69 Å². The van der Waals surface area contributed by atoms with E-state index in [1.165, 1.54) is 0 Å². The zero-order valence-corrected chi connectivity index (χ0v) is 13.1. The Morgan fingerprint density at radius 2 is 1.96 bits per heavy atom. The molecule has 0 spiro atoms. The van der Waals surface area contributed by atoms with Crippen molar-refractivity contribution in [2.75, 3.05) is 0 Å². The van der Waals surface area contributed by atoms with Crippen LogP contribution in [-0.4, -0.2) is 15.5 Å². The summed E-state index contributed by atoms with van der Waals surface area (Å²) in [6.07, 6.45) is 3.58. The van der Waals surface area contributed by atoms with Gasteiger partial charge in [-0.3, -0.25) is 14.6 Å². The summed E-state index contributed by atoms with van der Waals surface area (Å²) >= 11 is 0. The van der Waals surface area contributed by atoms with Gasteiger partial charge >= 0.3 is 0 Å². The van der Waals surface area contributed by atoms with Crippen LogP contribution in [0.4, 0.5) is 0 Å². The van der Waals surface area contributed by atoms with Gasteiger partial charge in [-0.2, -0.15) is 0 Å². The SMILES string of the molecule is O=C(NCc1ccccn1)c1cc2ccccc2c(=O)n1C1CC1. The molecule has 1 aromatic carbocycles. The van der Waals surface area contributed by atoms with E-state index in [1.54, 1.807) is 10.8 Å². The second kappa shape index (κ2) is 5.92. The highest BCUT2D eigenvalue weighted by atomic mass is 16.2. The van der Waals surface area contributed by atoms with Gasteiger partial charge in [-0.1, -0.05) is 24.3 Å². The number of carbonyl (C=O) groups excluding carboxylic acids is 1. The predicted molar refractivity (Wildman–Crippen MR) is 91.9 cm³/mol. The van der Waals surface area contributed by atoms with Gasteiger partial charge in [0.15, 0.2) is 0 Å². The standard InChI is InChI=1S/C19H17N3O2/c23-18(21-12-14-6-3-4-10-20-14)17-11-13-5-1-2-7-16(13)19(24)22(17)15-8-9-15/h1-7,10-11,15H,8-9,12H2,(H,21,23). The lowest BCUT2D eigenvalue weighted by Crippen LogP contribution is -2.32. The van der Waals surface area contributed by atoms with E-state index in [0.717, 1.165) is 23.9 Å². The molecule has 120 valence electrons. The van der Waals surface area contributed by atoms with Crippen molar-refractivity contribution in [2.45, 2.75) is 25.4 Å². The molecule has 0 saturated heterocycles. The van der Waals surface area contributed by atoms with Crippen molar-refractivity contribution in [2.24, 2.45) is 0 Å². The van der Waals surface area contributed by atoms with Crippen LogP contribution in [0.5, 0.6) is 0 Å². The molecule has 24 heavy (non-hydrogen) atoms. The fourth-order valence-corrected chi connectivity index (χ4v) is 2.91. The summed E-state index contributed by atoms with van der Waals surface area (Å²) in [5.41, 5.74) is 1.13. The van der Waals surface area contributed by atoms with Crippen LogP contribution >= 0.6 is 0 Å². The molecule has 4 rings (SSSR count).